The molecule has 0 aliphatic carbocycles. The second-order valence-corrected chi connectivity index (χ2v) is 8.07. The van der Waals surface area contributed by atoms with Crippen molar-refractivity contribution in [2.75, 3.05) is 20.6 Å². The summed E-state index contributed by atoms with van der Waals surface area (Å²) in [6.45, 7) is 8.50. The molecule has 7 heteroatoms. The molecular formula is C19H22BrN3O2S. The second kappa shape index (κ2) is 8.60. The predicted octanol–water partition coefficient (Wildman–Crippen LogP) is 4.13. The molecule has 0 unspecified atom stereocenters. The zero-order valence-corrected chi connectivity index (χ0v) is 17.8. The van der Waals surface area contributed by atoms with E-state index in [2.05, 4.69) is 27.5 Å². The average Bonchev–Trinajstić information content (AvgIpc) is 2.92. The number of hydrogen-bond acceptors (Lipinski definition) is 4. The van der Waals surface area contributed by atoms with E-state index in [1.807, 2.05) is 25.3 Å². The topological polar surface area (TPSA) is 53.5 Å². The molecule has 0 bridgehead atoms. The van der Waals surface area contributed by atoms with Crippen LogP contribution in [0.25, 0.3) is 0 Å². The molecule has 0 aromatic carbocycles. The first-order valence-electron chi connectivity index (χ1n) is 8.05. The van der Waals surface area contributed by atoms with Crippen LogP contribution in [0.3, 0.4) is 0 Å². The number of hydrogen-bond donors (Lipinski definition) is 0. The molecule has 0 fully saturated rings. The molecule has 0 radical (unpaired) electrons. The number of pyridine rings is 1. The highest BCUT2D eigenvalue weighted by molar-refractivity contribution is 9.10. The summed E-state index contributed by atoms with van der Waals surface area (Å²) in [5.74, 6) is -0.245. The van der Waals surface area contributed by atoms with Crippen LogP contribution in [0.1, 0.15) is 38.3 Å². The van der Waals surface area contributed by atoms with Gasteiger partial charge in [0.05, 0.1) is 12.2 Å². The van der Waals surface area contributed by atoms with Crippen LogP contribution in [0.2, 0.25) is 0 Å². The van der Waals surface area contributed by atoms with Crippen molar-refractivity contribution in [2.24, 2.45) is 0 Å². The summed E-state index contributed by atoms with van der Waals surface area (Å²) < 4.78 is 0.823. The first-order valence-corrected chi connectivity index (χ1v) is 9.72. The predicted molar refractivity (Wildman–Crippen MR) is 109 cm³/mol. The van der Waals surface area contributed by atoms with Crippen LogP contribution in [-0.4, -0.2) is 47.2 Å². The van der Waals surface area contributed by atoms with Gasteiger partial charge in [0.25, 0.3) is 11.8 Å². The Morgan fingerprint density at radius 3 is 2.50 bits per heavy atom. The summed E-state index contributed by atoms with van der Waals surface area (Å²) in [6.07, 6.45) is 0. The third-order valence-corrected chi connectivity index (χ3v) is 6.00. The van der Waals surface area contributed by atoms with Crippen LogP contribution in [0.4, 0.5) is 0 Å². The quantitative estimate of drug-likeness (QED) is 0.640. The molecule has 0 atom stereocenters. The number of carbonyl (C=O) groups excluding carboxylic acids is 2. The van der Waals surface area contributed by atoms with Crippen molar-refractivity contribution in [1.82, 2.24) is 14.8 Å². The molecule has 138 valence electrons. The molecule has 0 N–H and O–H groups in total. The second-order valence-electron chi connectivity index (χ2n) is 6.39. The van der Waals surface area contributed by atoms with Gasteiger partial charge in [0.1, 0.15) is 10.6 Å². The van der Waals surface area contributed by atoms with Crippen molar-refractivity contribution in [3.63, 3.8) is 0 Å². The Labute approximate surface area is 166 Å². The fourth-order valence-electron chi connectivity index (χ4n) is 2.35. The maximum atomic E-state index is 13.0. The normalized spacial score (nSPS) is 10.5. The van der Waals surface area contributed by atoms with Crippen LogP contribution in [-0.2, 0) is 6.54 Å². The van der Waals surface area contributed by atoms with E-state index in [1.165, 1.54) is 16.2 Å². The van der Waals surface area contributed by atoms with Gasteiger partial charge in [0.2, 0.25) is 0 Å². The third kappa shape index (κ3) is 4.80. The van der Waals surface area contributed by atoms with Gasteiger partial charge < -0.3 is 9.80 Å². The highest BCUT2D eigenvalue weighted by Crippen LogP contribution is 2.29. The van der Waals surface area contributed by atoms with E-state index in [0.29, 0.717) is 29.4 Å². The summed E-state index contributed by atoms with van der Waals surface area (Å²) in [5.41, 5.74) is 2.94. The maximum absolute atomic E-state index is 13.0. The van der Waals surface area contributed by atoms with Gasteiger partial charge in [-0.2, -0.15) is 0 Å². The Morgan fingerprint density at radius 1 is 1.27 bits per heavy atom. The Morgan fingerprint density at radius 2 is 1.96 bits per heavy atom. The summed E-state index contributed by atoms with van der Waals surface area (Å²) in [7, 11) is 3.37. The van der Waals surface area contributed by atoms with Crippen LogP contribution in [0.15, 0.2) is 40.2 Å². The molecule has 0 aliphatic heterocycles. The first kappa shape index (κ1) is 20.3. The van der Waals surface area contributed by atoms with Crippen molar-refractivity contribution in [1.29, 1.82) is 0 Å². The minimum Gasteiger partial charge on any atom is -0.343 e. The van der Waals surface area contributed by atoms with Gasteiger partial charge in [-0.05, 0) is 52.9 Å². The average molecular weight is 436 g/mol. The standard InChI is InChI=1S/C19H22BrN3O2S/c1-12(2)9-23(19(25)17-16(20)13(3)11-26-17)10-14-7-6-8-15(21-14)18(24)22(4)5/h6-8,11H,1,9-10H2,2-5H3. The molecule has 2 aromatic rings. The Balaban J connectivity index is 2.30. The zero-order chi connectivity index (χ0) is 19.4. The Bertz CT molecular complexity index is 845. The highest BCUT2D eigenvalue weighted by atomic mass is 79.9. The van der Waals surface area contributed by atoms with Gasteiger partial charge in [-0.1, -0.05) is 18.2 Å². The van der Waals surface area contributed by atoms with Crippen molar-refractivity contribution in [3.8, 4) is 0 Å². The Kier molecular flexibility index (Phi) is 6.72. The Hall–Kier alpha value is -1.99. The van der Waals surface area contributed by atoms with Crippen LogP contribution in [0.5, 0.6) is 0 Å². The van der Waals surface area contributed by atoms with Crippen molar-refractivity contribution in [3.05, 3.63) is 62.0 Å². The molecule has 26 heavy (non-hydrogen) atoms. The van der Waals surface area contributed by atoms with Gasteiger partial charge in [-0.15, -0.1) is 11.3 Å². The number of thiophene rings is 1. The van der Waals surface area contributed by atoms with E-state index < -0.39 is 0 Å². The van der Waals surface area contributed by atoms with E-state index in [1.54, 1.807) is 31.1 Å². The van der Waals surface area contributed by atoms with Crippen LogP contribution in [0, 0.1) is 6.92 Å². The lowest BCUT2D eigenvalue weighted by molar-refractivity contribution is 0.0760. The summed E-state index contributed by atoms with van der Waals surface area (Å²) >= 11 is 4.91. The van der Waals surface area contributed by atoms with Gasteiger partial charge in [-0.3, -0.25) is 9.59 Å². The molecule has 2 rings (SSSR count). The minimum absolute atomic E-state index is 0.0795. The first-order chi connectivity index (χ1) is 12.2. The molecule has 2 amide bonds. The molecule has 2 aromatic heterocycles. The minimum atomic E-state index is -0.166. The number of halogens is 1. The number of carbonyl (C=O) groups is 2. The zero-order valence-electron chi connectivity index (χ0n) is 15.4. The smallest absolute Gasteiger partial charge is 0.271 e. The number of rotatable bonds is 6. The molecule has 0 saturated heterocycles. The molecule has 5 nitrogen and oxygen atoms in total. The number of amides is 2. The van der Waals surface area contributed by atoms with E-state index in [9.17, 15) is 9.59 Å². The third-order valence-electron chi connectivity index (χ3n) is 3.63. The largest absolute Gasteiger partial charge is 0.343 e. The van der Waals surface area contributed by atoms with E-state index >= 15 is 0 Å². The summed E-state index contributed by atoms with van der Waals surface area (Å²) in [4.78, 5) is 33.4. The fourth-order valence-corrected chi connectivity index (χ4v) is 3.98. The monoisotopic (exact) mass is 435 g/mol. The maximum Gasteiger partial charge on any atom is 0.271 e. The SMILES string of the molecule is C=C(C)CN(Cc1cccc(C(=O)N(C)C)n1)C(=O)c1scc(C)c1Br. The van der Waals surface area contributed by atoms with Gasteiger partial charge in [0, 0.05) is 25.1 Å². The lowest BCUT2D eigenvalue weighted by Crippen LogP contribution is -2.32. The summed E-state index contributed by atoms with van der Waals surface area (Å²) in [5, 5.41) is 1.95. The summed E-state index contributed by atoms with van der Waals surface area (Å²) in [6, 6.07) is 5.28. The molecule has 2 heterocycles. The molecule has 0 saturated carbocycles. The van der Waals surface area contributed by atoms with Crippen LogP contribution >= 0.6 is 27.3 Å². The van der Waals surface area contributed by atoms with E-state index in [4.69, 9.17) is 0 Å². The van der Waals surface area contributed by atoms with Gasteiger partial charge in [-0.25, -0.2) is 4.98 Å². The van der Waals surface area contributed by atoms with Crippen molar-refractivity contribution >= 4 is 39.1 Å². The van der Waals surface area contributed by atoms with E-state index in [-0.39, 0.29) is 11.8 Å². The van der Waals surface area contributed by atoms with Gasteiger partial charge >= 0.3 is 0 Å². The lowest BCUT2D eigenvalue weighted by Gasteiger charge is -2.22. The van der Waals surface area contributed by atoms with Crippen molar-refractivity contribution < 1.29 is 9.59 Å². The number of aryl methyl sites for hydroxylation is 1. The highest BCUT2D eigenvalue weighted by Gasteiger charge is 2.22. The number of nitrogens with zero attached hydrogens (tertiary/aromatic N) is 3. The number of aromatic nitrogens is 1. The van der Waals surface area contributed by atoms with Crippen LogP contribution < -0.4 is 0 Å². The molecule has 0 spiro atoms. The van der Waals surface area contributed by atoms with E-state index in [0.717, 1.165) is 15.6 Å². The van der Waals surface area contributed by atoms with Crippen molar-refractivity contribution in [2.45, 2.75) is 20.4 Å². The van der Waals surface area contributed by atoms with Gasteiger partial charge in [0.15, 0.2) is 0 Å². The fraction of sp³-hybridized carbons (Fsp3) is 0.316. The lowest BCUT2D eigenvalue weighted by atomic mass is 10.2. The molecular weight excluding hydrogens is 414 g/mol. The molecule has 0 aliphatic rings.